The molecule has 141 heavy (non-hydrogen) atoms. The van der Waals surface area contributed by atoms with Gasteiger partial charge in [-0.25, -0.2) is 4.79 Å². The van der Waals surface area contributed by atoms with Crippen LogP contribution in [-0.2, 0) is 101 Å². The molecule has 5 N–H and O–H groups in total. The number of carboxylic acid groups (broad SMARTS) is 1. The molecule has 0 aliphatic heterocycles. The maximum atomic E-state index is 12.4. The molecule has 12 rings (SSSR count). The minimum atomic E-state index is -1.34. The van der Waals surface area contributed by atoms with Gasteiger partial charge in [0.05, 0.1) is 22.6 Å². The number of H-pyrrole nitrogens is 4. The van der Waals surface area contributed by atoms with Crippen molar-refractivity contribution in [3.63, 3.8) is 0 Å². The van der Waals surface area contributed by atoms with Crippen LogP contribution in [-0.4, -0.2) is 150 Å². The molecule has 0 spiro atoms. The number of ether oxygens (including phenoxy) is 19. The third-order valence-corrected chi connectivity index (χ3v) is 18.1. The van der Waals surface area contributed by atoms with Gasteiger partial charge < -0.3 is 124 Å². The van der Waals surface area contributed by atoms with Crippen LogP contribution in [0.15, 0.2) is 284 Å². The van der Waals surface area contributed by atoms with Gasteiger partial charge in [-0.2, -0.15) is 0 Å². The van der Waals surface area contributed by atoms with Crippen molar-refractivity contribution in [2.45, 2.75) is 137 Å². The van der Waals surface area contributed by atoms with Gasteiger partial charge in [0.1, 0.15) is 68.0 Å². The Balaban J connectivity index is -0.000000775. The molecule has 36 nitrogen and oxygen atoms in total. The number of aromatic carboxylic acids is 1. The Labute approximate surface area is 838 Å². The molecule has 39 heteroatoms. The Morgan fingerprint density at radius 2 is 0.631 bits per heavy atom. The quantitative estimate of drug-likeness (QED) is 0.00902. The van der Waals surface area contributed by atoms with Crippen molar-refractivity contribution in [2.24, 2.45) is 4.30 Å². The molecular formula is C102H136BBrN5O31S. The summed E-state index contributed by atoms with van der Waals surface area (Å²) in [4.78, 5) is 116. The van der Waals surface area contributed by atoms with Crippen LogP contribution in [0, 0.1) is 0 Å². The molecule has 6 heterocycles. The first-order valence-corrected chi connectivity index (χ1v) is 40.7. The molecular weight excluding hydrogens is 1910 g/mol. The van der Waals surface area contributed by atoms with E-state index < -0.39 is 60.3 Å². The number of aromatic nitrogens is 4. The number of methoxy groups -OCH3 is 13. The predicted octanol–water partition coefficient (Wildman–Crippen LogP) is 19.3. The van der Waals surface area contributed by atoms with Gasteiger partial charge in [-0.05, 0) is 49.3 Å². The fourth-order valence-electron chi connectivity index (χ4n) is 11.2. The molecule has 12 aromatic rings. The zero-order valence-corrected chi connectivity index (χ0v) is 77.4. The number of thiol groups is 1. The summed E-state index contributed by atoms with van der Waals surface area (Å²) in [6.45, 7) is 0.868. The second-order valence-corrected chi connectivity index (χ2v) is 27.2. The molecule has 0 amide bonds. The fourth-order valence-corrected chi connectivity index (χ4v) is 11.5. The van der Waals surface area contributed by atoms with Gasteiger partial charge in [0.25, 0.3) is 6.48 Å². The first-order chi connectivity index (χ1) is 64.5. The Kier molecular flexibility index (Phi) is 72.9. The number of rotatable bonds is 39. The van der Waals surface area contributed by atoms with Gasteiger partial charge in [-0.15, -0.1) is 0 Å². The Bertz CT molecular complexity index is 5640. The molecule has 0 atom stereocenters. The summed E-state index contributed by atoms with van der Waals surface area (Å²) in [5.74, 6) is -0.881. The van der Waals surface area contributed by atoms with Crippen LogP contribution in [0.25, 0.3) is 0 Å². The second-order valence-electron chi connectivity index (χ2n) is 26.2. The van der Waals surface area contributed by atoms with E-state index in [1.807, 2.05) is 182 Å². The van der Waals surface area contributed by atoms with E-state index in [-0.39, 0.29) is 171 Å². The zero-order valence-electron chi connectivity index (χ0n) is 74.9. The summed E-state index contributed by atoms with van der Waals surface area (Å²) in [5, 5.41) is 9.08. The van der Waals surface area contributed by atoms with Crippen LogP contribution in [0.3, 0.4) is 0 Å². The summed E-state index contributed by atoms with van der Waals surface area (Å²) >= 11 is 6.39. The number of benzene rings is 6. The molecule has 6 aromatic carbocycles. The summed E-state index contributed by atoms with van der Waals surface area (Å²) in [6.07, 6.45) is 5.06. The van der Waals surface area contributed by atoms with E-state index in [1.165, 1.54) is 142 Å². The number of pyridine rings is 4. The predicted molar refractivity (Wildman–Crippen MR) is 548 cm³/mol. The summed E-state index contributed by atoms with van der Waals surface area (Å²) in [7, 11) is 23.5. The van der Waals surface area contributed by atoms with Crippen molar-refractivity contribution in [2.75, 3.05) is 92.4 Å². The van der Waals surface area contributed by atoms with E-state index in [0.29, 0.717) is 40.7 Å². The number of hydrogen-bond donors (Lipinski definition) is 6. The van der Waals surface area contributed by atoms with Gasteiger partial charge in [0.15, 0.2) is 35.6 Å². The average Bonchev–Trinajstić information content (AvgIpc) is 0.817. The molecule has 0 fully saturated rings. The Hall–Kier alpha value is -13.2. The van der Waals surface area contributed by atoms with Crippen molar-refractivity contribution in [1.82, 2.24) is 19.9 Å². The van der Waals surface area contributed by atoms with Crippen LogP contribution in [0.1, 0.15) is 184 Å². The molecule has 771 valence electrons. The van der Waals surface area contributed by atoms with Crippen molar-refractivity contribution in [3.05, 3.63) is 382 Å². The number of nitrogens with zero attached hydrogens (tertiary/aromatic N) is 1. The number of aromatic amines is 4. The molecule has 0 aliphatic rings. The number of hydrogen-bond acceptors (Lipinski definition) is 32. The Morgan fingerprint density at radius 1 is 0.355 bits per heavy atom. The normalized spacial score (nSPS) is 9.87. The number of nitrogens with one attached hydrogen (secondary N) is 4. The standard InChI is InChI=1S/C16H17NO6.C16H17NO5.C15H16BrNO4.C15H17NO4.C15H16O5.C13H10O4.C4H10O3.8CH4.BHNS/c1-21-16(22-2)12-14(13(18)11(8-17-12)15(19)20)23-9-10-6-4-3-5-7-10;1-20-16(21-2)13-15(14(19)12(9-18)8-17-13)22-10-11-6-4-3-5-7-11;1-19-15(20-2)12-14(13(18)11(16)8-17-12)21-9-10-6-4-3-5-7-10;1-18-15(19-2)13-14(12(17)8-9-16-13)20-10-11-6-4-3-5-7-11;1-17-15(18-2)14-13(12(16)8-9-19-14)20-10-11-6-4-3-5-7-11;14-8-12-13(11(15)6-7-16-12)17-9-10-4-2-1-3-5-10;1-5-4(6-2)7-3;;;;;;;;;1-2-3/h3-8,16H,9H2,1-2H3,(H,17,18)(H,19,20);3-9,16H,10H2,1-2H3,(H,17,19);3-8,15H,9H2,1-2H3,(H,17,18);3-9,15H,10H2,1-2H3,(H,16,17);3-9,15H,10H2,1-2H3;1-8H,9H2;4H,1-3H3;8*1H4;3H. The van der Waals surface area contributed by atoms with Gasteiger partial charge in [0, 0.05) is 135 Å². The van der Waals surface area contributed by atoms with E-state index in [2.05, 4.69) is 74.8 Å². The van der Waals surface area contributed by atoms with Crippen LogP contribution >= 0.6 is 28.7 Å². The Morgan fingerprint density at radius 3 is 0.943 bits per heavy atom. The number of carbonyl (C=O) groups excluding carboxylic acids is 2. The monoisotopic (exact) mass is 2050 g/mol. The number of aldehydes is 2. The zero-order chi connectivity index (χ0) is 97.2. The van der Waals surface area contributed by atoms with E-state index in [9.17, 15) is 43.2 Å². The molecule has 1 radical (unpaired) electrons. The first kappa shape index (κ1) is 134. The van der Waals surface area contributed by atoms with Gasteiger partial charge in [-0.3, -0.25) is 38.4 Å². The maximum absolute atomic E-state index is 12.4. The van der Waals surface area contributed by atoms with E-state index in [4.69, 9.17) is 89.7 Å². The number of carboxylic acids is 1. The molecule has 0 aliphatic carbocycles. The van der Waals surface area contributed by atoms with E-state index in [1.54, 1.807) is 0 Å². The van der Waals surface area contributed by atoms with Crippen LogP contribution in [0.5, 0.6) is 34.5 Å². The van der Waals surface area contributed by atoms with Gasteiger partial charge in [0.2, 0.25) is 87.0 Å². The molecule has 6 aromatic heterocycles. The summed E-state index contributed by atoms with van der Waals surface area (Å²) in [6, 6.07) is 60.6. The molecule has 0 saturated heterocycles. The SMILES string of the molecule is C.C.C.C.C.C.C.C.COC(OC)OC.COC(OC)c1[nH]cc(Br)c(=O)c1OCc1ccccc1.COC(OC)c1[nH]cc(C(=O)O)c(=O)c1OCc1ccccc1.COC(OC)c1[nH]cc(C=O)c(=O)c1OCc1ccccc1.COC(OC)c1[nH]ccc(=O)c1OCc1ccccc1.COC(OC)c1occc(=O)c1OCc1ccccc1.O=Cc1occc(=O)c1OCc1ccccc1.[B]=NS. The molecule has 0 saturated carbocycles. The fraction of sp³-hybridized carbons (Fsp3) is 0.324. The topological polar surface area (TPSA) is 451 Å². The van der Waals surface area contributed by atoms with E-state index in [0.717, 1.165) is 39.6 Å². The van der Waals surface area contributed by atoms with Gasteiger partial charge >= 0.3 is 30.7 Å². The van der Waals surface area contributed by atoms with Crippen molar-refractivity contribution in [1.29, 1.82) is 0 Å². The first-order valence-electron chi connectivity index (χ1n) is 39.5. The summed E-state index contributed by atoms with van der Waals surface area (Å²) in [5.41, 5.74) is 4.24. The van der Waals surface area contributed by atoms with Crippen LogP contribution in [0.4, 0.5) is 0 Å². The van der Waals surface area contributed by atoms with Crippen LogP contribution < -0.4 is 61.0 Å². The van der Waals surface area contributed by atoms with Gasteiger partial charge in [-0.1, -0.05) is 241 Å². The minimum absolute atomic E-state index is 0. The van der Waals surface area contributed by atoms with Crippen molar-refractivity contribution < 1.29 is 118 Å². The second kappa shape index (κ2) is 76.7. The summed E-state index contributed by atoms with van der Waals surface area (Å²) < 4.78 is 112. The average molecular weight is 2050 g/mol. The van der Waals surface area contributed by atoms with Crippen LogP contribution in [0.2, 0.25) is 0 Å². The third kappa shape index (κ3) is 44.0. The van der Waals surface area contributed by atoms with Crippen molar-refractivity contribution >= 4 is 54.9 Å². The number of halogens is 1. The van der Waals surface area contributed by atoms with Crippen molar-refractivity contribution in [3.8, 4) is 34.5 Å². The molecule has 0 bridgehead atoms. The number of carbonyl (C=O) groups is 3. The third-order valence-electron chi connectivity index (χ3n) is 17.5. The van der Waals surface area contributed by atoms with E-state index >= 15 is 0 Å². The molecule has 0 unspecified atom stereocenters.